The van der Waals surface area contributed by atoms with Crippen LogP contribution in [0.25, 0.3) is 0 Å². The molecule has 0 bridgehead atoms. The zero-order valence-electron chi connectivity index (χ0n) is 12.4. The van der Waals surface area contributed by atoms with Crippen molar-refractivity contribution in [3.05, 3.63) is 29.8 Å². The molecule has 1 amide bonds. The number of amides is 1. The molecular formula is C17H27NO. The van der Waals surface area contributed by atoms with Gasteiger partial charge in [-0.05, 0) is 37.0 Å². The maximum Gasteiger partial charge on any atom is 0.224 e. The van der Waals surface area contributed by atoms with Crippen molar-refractivity contribution in [2.24, 2.45) is 0 Å². The molecule has 1 N–H and O–H groups in total. The highest BCUT2D eigenvalue weighted by Crippen LogP contribution is 2.14. The summed E-state index contributed by atoms with van der Waals surface area (Å²) in [4.78, 5) is 11.7. The van der Waals surface area contributed by atoms with Crippen molar-refractivity contribution in [2.45, 2.75) is 65.2 Å². The van der Waals surface area contributed by atoms with Gasteiger partial charge in [0.25, 0.3) is 0 Å². The molecule has 19 heavy (non-hydrogen) atoms. The molecule has 0 spiro atoms. The van der Waals surface area contributed by atoms with E-state index in [2.05, 4.69) is 31.3 Å². The fourth-order valence-electron chi connectivity index (χ4n) is 2.14. The molecule has 0 saturated heterocycles. The third-order valence-corrected chi connectivity index (χ3v) is 3.29. The van der Waals surface area contributed by atoms with Crippen LogP contribution in [-0.4, -0.2) is 5.91 Å². The van der Waals surface area contributed by atoms with Crippen LogP contribution in [0.2, 0.25) is 0 Å². The lowest BCUT2D eigenvalue weighted by Crippen LogP contribution is -2.11. The number of rotatable bonds is 9. The van der Waals surface area contributed by atoms with E-state index in [1.807, 2.05) is 12.1 Å². The van der Waals surface area contributed by atoms with Crippen molar-refractivity contribution in [2.75, 3.05) is 5.32 Å². The summed E-state index contributed by atoms with van der Waals surface area (Å²) in [5, 5.41) is 2.99. The molecule has 1 rings (SSSR count). The van der Waals surface area contributed by atoms with E-state index in [1.54, 1.807) is 0 Å². The summed E-state index contributed by atoms with van der Waals surface area (Å²) in [5.41, 5.74) is 2.26. The smallest absolute Gasteiger partial charge is 0.224 e. The largest absolute Gasteiger partial charge is 0.326 e. The van der Waals surface area contributed by atoms with Gasteiger partial charge in [0.15, 0.2) is 0 Å². The van der Waals surface area contributed by atoms with E-state index in [-0.39, 0.29) is 5.91 Å². The number of carbonyl (C=O) groups excluding carboxylic acids is 1. The minimum atomic E-state index is 0.138. The number of anilines is 1. The van der Waals surface area contributed by atoms with Crippen LogP contribution in [0.3, 0.4) is 0 Å². The topological polar surface area (TPSA) is 29.1 Å². The van der Waals surface area contributed by atoms with Gasteiger partial charge in [0.2, 0.25) is 5.91 Å². The molecule has 0 unspecified atom stereocenters. The minimum absolute atomic E-state index is 0.138. The maximum atomic E-state index is 11.7. The van der Waals surface area contributed by atoms with Crippen LogP contribution >= 0.6 is 0 Å². The molecule has 0 aromatic heterocycles. The Morgan fingerprint density at radius 2 is 1.79 bits per heavy atom. The van der Waals surface area contributed by atoms with Crippen molar-refractivity contribution in [3.63, 3.8) is 0 Å². The van der Waals surface area contributed by atoms with Crippen molar-refractivity contribution in [3.8, 4) is 0 Å². The van der Waals surface area contributed by atoms with Crippen LogP contribution in [0.1, 0.15) is 64.4 Å². The van der Waals surface area contributed by atoms with Gasteiger partial charge in [0, 0.05) is 12.1 Å². The number of aryl methyl sites for hydroxylation is 1. The summed E-state index contributed by atoms with van der Waals surface area (Å²) < 4.78 is 0. The second kappa shape index (κ2) is 9.60. The van der Waals surface area contributed by atoms with E-state index < -0.39 is 0 Å². The molecular weight excluding hydrogens is 234 g/mol. The summed E-state index contributed by atoms with van der Waals surface area (Å²) in [6, 6.07) is 8.25. The Hall–Kier alpha value is -1.31. The first-order valence-electron chi connectivity index (χ1n) is 7.65. The van der Waals surface area contributed by atoms with Crippen molar-refractivity contribution < 1.29 is 4.79 Å². The molecule has 0 atom stereocenters. The van der Waals surface area contributed by atoms with Crippen LogP contribution in [-0.2, 0) is 11.2 Å². The first-order valence-corrected chi connectivity index (χ1v) is 7.65. The number of carbonyl (C=O) groups is 1. The van der Waals surface area contributed by atoms with Crippen LogP contribution < -0.4 is 5.32 Å². The highest BCUT2D eigenvalue weighted by Gasteiger charge is 2.02. The number of hydrogen-bond acceptors (Lipinski definition) is 1. The van der Waals surface area contributed by atoms with E-state index in [9.17, 15) is 4.79 Å². The Morgan fingerprint density at radius 3 is 2.53 bits per heavy atom. The lowest BCUT2D eigenvalue weighted by molar-refractivity contribution is -0.116. The Labute approximate surface area is 117 Å². The van der Waals surface area contributed by atoms with Crippen LogP contribution in [0, 0.1) is 0 Å². The molecule has 0 heterocycles. The van der Waals surface area contributed by atoms with Crippen molar-refractivity contribution in [1.82, 2.24) is 0 Å². The van der Waals surface area contributed by atoms with Gasteiger partial charge in [-0.15, -0.1) is 0 Å². The lowest BCUT2D eigenvalue weighted by atomic mass is 10.1. The Balaban J connectivity index is 2.40. The Bertz CT molecular complexity index is 373. The van der Waals surface area contributed by atoms with Crippen LogP contribution in [0.4, 0.5) is 5.69 Å². The molecule has 0 aliphatic heterocycles. The Morgan fingerprint density at radius 1 is 1.05 bits per heavy atom. The van der Waals surface area contributed by atoms with Gasteiger partial charge >= 0.3 is 0 Å². The van der Waals surface area contributed by atoms with E-state index >= 15 is 0 Å². The van der Waals surface area contributed by atoms with Gasteiger partial charge in [-0.1, -0.05) is 51.7 Å². The monoisotopic (exact) mass is 261 g/mol. The average molecular weight is 261 g/mol. The van der Waals surface area contributed by atoms with Crippen LogP contribution in [0.5, 0.6) is 0 Å². The molecule has 2 nitrogen and oxygen atoms in total. The number of benzene rings is 1. The lowest BCUT2D eigenvalue weighted by Gasteiger charge is -2.07. The van der Waals surface area contributed by atoms with E-state index in [4.69, 9.17) is 0 Å². The third kappa shape index (κ3) is 7.00. The molecule has 0 saturated carbocycles. The number of nitrogens with one attached hydrogen (secondary N) is 1. The number of unbranched alkanes of at least 4 members (excludes halogenated alkanes) is 4. The van der Waals surface area contributed by atoms with E-state index in [0.717, 1.165) is 31.4 Å². The highest BCUT2D eigenvalue weighted by atomic mass is 16.1. The Kier molecular flexibility index (Phi) is 7.95. The molecule has 0 aliphatic carbocycles. The fourth-order valence-corrected chi connectivity index (χ4v) is 2.14. The summed E-state index contributed by atoms with van der Waals surface area (Å²) in [5.74, 6) is 0.138. The first-order chi connectivity index (χ1) is 9.26. The second-order valence-electron chi connectivity index (χ2n) is 5.16. The quantitative estimate of drug-likeness (QED) is 0.627. The molecule has 0 radical (unpaired) electrons. The van der Waals surface area contributed by atoms with Crippen LogP contribution in [0.15, 0.2) is 24.3 Å². The summed E-state index contributed by atoms with van der Waals surface area (Å²) in [6.45, 7) is 4.37. The van der Waals surface area contributed by atoms with Gasteiger partial charge in [-0.2, -0.15) is 0 Å². The van der Waals surface area contributed by atoms with Crippen molar-refractivity contribution in [1.29, 1.82) is 0 Å². The van der Waals surface area contributed by atoms with E-state index in [0.29, 0.717) is 6.42 Å². The first kappa shape index (κ1) is 15.7. The maximum absolute atomic E-state index is 11.7. The number of hydrogen-bond donors (Lipinski definition) is 1. The minimum Gasteiger partial charge on any atom is -0.326 e. The molecule has 0 fully saturated rings. The van der Waals surface area contributed by atoms with Gasteiger partial charge < -0.3 is 5.32 Å². The third-order valence-electron chi connectivity index (χ3n) is 3.29. The second-order valence-corrected chi connectivity index (χ2v) is 5.16. The van der Waals surface area contributed by atoms with Gasteiger partial charge in [-0.3, -0.25) is 4.79 Å². The van der Waals surface area contributed by atoms with Crippen molar-refractivity contribution >= 4 is 11.6 Å². The van der Waals surface area contributed by atoms with Gasteiger partial charge in [0.1, 0.15) is 0 Å². The summed E-state index contributed by atoms with van der Waals surface area (Å²) in [6.07, 6.45) is 8.75. The zero-order chi connectivity index (χ0) is 13.9. The molecule has 0 aliphatic rings. The predicted molar refractivity (Wildman–Crippen MR) is 82.4 cm³/mol. The normalized spacial score (nSPS) is 10.4. The van der Waals surface area contributed by atoms with Gasteiger partial charge in [-0.25, -0.2) is 0 Å². The van der Waals surface area contributed by atoms with Gasteiger partial charge in [0.05, 0.1) is 0 Å². The zero-order valence-corrected chi connectivity index (χ0v) is 12.4. The summed E-state index contributed by atoms with van der Waals surface area (Å²) in [7, 11) is 0. The molecule has 106 valence electrons. The molecule has 1 aromatic rings. The molecule has 1 aromatic carbocycles. The summed E-state index contributed by atoms with van der Waals surface area (Å²) >= 11 is 0. The fraction of sp³-hybridized carbons (Fsp3) is 0.588. The SMILES string of the molecule is CCCCCC(=O)Nc1cccc(CCCCC)c1. The highest BCUT2D eigenvalue weighted by molar-refractivity contribution is 5.90. The van der Waals surface area contributed by atoms with E-state index in [1.165, 1.54) is 24.8 Å². The average Bonchev–Trinajstić information content (AvgIpc) is 2.40. The standard InChI is InChI=1S/C17H27NO/c1-3-5-7-10-15-11-9-12-16(14-15)18-17(19)13-8-6-4-2/h9,11-12,14H,3-8,10,13H2,1-2H3,(H,18,19). The predicted octanol–water partition coefficient (Wildman–Crippen LogP) is 4.94. The molecule has 2 heteroatoms.